The molecule has 0 fully saturated rings. The maximum absolute atomic E-state index is 12.8. The summed E-state index contributed by atoms with van der Waals surface area (Å²) in [6.07, 6.45) is 3.44. The van der Waals surface area contributed by atoms with E-state index in [1.54, 1.807) is 43.3 Å². The third kappa shape index (κ3) is 3.42. The van der Waals surface area contributed by atoms with Crippen molar-refractivity contribution in [3.63, 3.8) is 0 Å². The van der Waals surface area contributed by atoms with Gasteiger partial charge in [0.05, 0.1) is 6.20 Å². The van der Waals surface area contributed by atoms with Crippen LogP contribution in [0.4, 0.5) is 4.39 Å². The predicted molar refractivity (Wildman–Crippen MR) is 73.3 cm³/mol. The van der Waals surface area contributed by atoms with Crippen molar-refractivity contribution in [2.24, 2.45) is 7.05 Å². The van der Waals surface area contributed by atoms with Crippen molar-refractivity contribution in [1.29, 1.82) is 0 Å². The van der Waals surface area contributed by atoms with Crippen molar-refractivity contribution >= 4 is 5.91 Å². The summed E-state index contributed by atoms with van der Waals surface area (Å²) < 4.78 is 14.4. The topological polar surface area (TPSA) is 59.0 Å². The van der Waals surface area contributed by atoms with Crippen LogP contribution in [0.5, 0.6) is 0 Å². The van der Waals surface area contributed by atoms with Crippen molar-refractivity contribution in [3.05, 3.63) is 53.6 Å². The summed E-state index contributed by atoms with van der Waals surface area (Å²) in [5.41, 5.74) is 1.65. The van der Waals surface area contributed by atoms with E-state index in [9.17, 15) is 9.18 Å². The maximum Gasteiger partial charge on any atom is 0.242 e. The summed E-state index contributed by atoms with van der Waals surface area (Å²) >= 11 is 0. The third-order valence-electron chi connectivity index (χ3n) is 2.99. The molecule has 0 aliphatic carbocycles. The second kappa shape index (κ2) is 6.29. The van der Waals surface area contributed by atoms with Crippen LogP contribution in [0.1, 0.15) is 17.2 Å². The van der Waals surface area contributed by atoms with E-state index in [0.717, 1.165) is 11.1 Å². The van der Waals surface area contributed by atoms with E-state index in [0.29, 0.717) is 6.54 Å². The highest BCUT2D eigenvalue weighted by Crippen LogP contribution is 2.11. The fourth-order valence-electron chi connectivity index (χ4n) is 1.93. The summed E-state index contributed by atoms with van der Waals surface area (Å²) in [5, 5.41) is 9.82. The molecular formula is C14H17FN4O. The Labute approximate surface area is 116 Å². The molecule has 0 spiro atoms. The van der Waals surface area contributed by atoms with Crippen molar-refractivity contribution in [1.82, 2.24) is 20.4 Å². The Morgan fingerprint density at radius 3 is 2.65 bits per heavy atom. The molecule has 0 radical (unpaired) electrons. The standard InChI is InChI=1S/C14H17FN4O/c1-16-13(11-8-18-19(2)9-11)14(20)17-7-10-3-5-12(15)6-4-10/h3-6,8-9,13,16H,7H2,1-2H3,(H,17,20). The van der Waals surface area contributed by atoms with Crippen LogP contribution in [0.3, 0.4) is 0 Å². The first-order chi connectivity index (χ1) is 9.60. The minimum absolute atomic E-state index is 0.148. The second-order valence-electron chi connectivity index (χ2n) is 4.51. The van der Waals surface area contributed by atoms with Crippen LogP contribution < -0.4 is 10.6 Å². The van der Waals surface area contributed by atoms with Crippen molar-refractivity contribution in [3.8, 4) is 0 Å². The zero-order chi connectivity index (χ0) is 14.5. The zero-order valence-corrected chi connectivity index (χ0v) is 11.4. The van der Waals surface area contributed by atoms with Crippen molar-refractivity contribution in [2.75, 3.05) is 7.05 Å². The van der Waals surface area contributed by atoms with Crippen LogP contribution in [-0.4, -0.2) is 22.7 Å². The smallest absolute Gasteiger partial charge is 0.242 e. The lowest BCUT2D eigenvalue weighted by Gasteiger charge is -2.14. The molecule has 1 unspecified atom stereocenters. The van der Waals surface area contributed by atoms with Gasteiger partial charge in [-0.05, 0) is 24.7 Å². The SMILES string of the molecule is CNC(C(=O)NCc1ccc(F)cc1)c1cnn(C)c1. The lowest BCUT2D eigenvalue weighted by molar-refractivity contribution is -0.123. The molecule has 6 heteroatoms. The summed E-state index contributed by atoms with van der Waals surface area (Å²) in [6, 6.07) is 5.59. The molecule has 0 saturated heterocycles. The normalized spacial score (nSPS) is 12.2. The van der Waals surface area contributed by atoms with Crippen LogP contribution in [0.25, 0.3) is 0 Å². The van der Waals surface area contributed by atoms with E-state index in [-0.39, 0.29) is 11.7 Å². The predicted octanol–water partition coefficient (Wildman–Crippen LogP) is 1.14. The van der Waals surface area contributed by atoms with Gasteiger partial charge in [0.15, 0.2) is 0 Å². The van der Waals surface area contributed by atoms with Gasteiger partial charge in [-0.25, -0.2) is 4.39 Å². The second-order valence-corrected chi connectivity index (χ2v) is 4.51. The number of hydrogen-bond acceptors (Lipinski definition) is 3. The molecule has 5 nitrogen and oxygen atoms in total. The summed E-state index contributed by atoms with van der Waals surface area (Å²) in [7, 11) is 3.52. The quantitative estimate of drug-likeness (QED) is 0.861. The van der Waals surface area contributed by atoms with Crippen LogP contribution in [0.2, 0.25) is 0 Å². The van der Waals surface area contributed by atoms with Gasteiger partial charge in [-0.3, -0.25) is 9.48 Å². The lowest BCUT2D eigenvalue weighted by atomic mass is 10.1. The monoisotopic (exact) mass is 276 g/mol. The van der Waals surface area contributed by atoms with E-state index in [2.05, 4.69) is 15.7 Å². The molecule has 0 bridgehead atoms. The van der Waals surface area contributed by atoms with Gasteiger partial charge >= 0.3 is 0 Å². The molecule has 1 heterocycles. The molecule has 2 N–H and O–H groups in total. The summed E-state index contributed by atoms with van der Waals surface area (Å²) in [4.78, 5) is 12.1. The maximum atomic E-state index is 12.8. The number of rotatable bonds is 5. The van der Waals surface area contributed by atoms with Gasteiger partial charge in [0.25, 0.3) is 0 Å². The van der Waals surface area contributed by atoms with Gasteiger partial charge in [0, 0.05) is 25.4 Å². The molecule has 1 aromatic carbocycles. The number of hydrogen-bond donors (Lipinski definition) is 2. The number of aromatic nitrogens is 2. The Morgan fingerprint density at radius 2 is 2.10 bits per heavy atom. The van der Waals surface area contributed by atoms with Gasteiger partial charge in [-0.15, -0.1) is 0 Å². The van der Waals surface area contributed by atoms with E-state index in [1.807, 2.05) is 0 Å². The van der Waals surface area contributed by atoms with Gasteiger partial charge in [-0.1, -0.05) is 12.1 Å². The molecule has 2 aromatic rings. The molecule has 1 atom stereocenters. The highest BCUT2D eigenvalue weighted by atomic mass is 19.1. The summed E-state index contributed by atoms with van der Waals surface area (Å²) in [6.45, 7) is 0.359. The highest BCUT2D eigenvalue weighted by Gasteiger charge is 2.19. The van der Waals surface area contributed by atoms with Crippen molar-refractivity contribution in [2.45, 2.75) is 12.6 Å². The largest absolute Gasteiger partial charge is 0.350 e. The van der Waals surface area contributed by atoms with E-state index in [1.165, 1.54) is 12.1 Å². The molecule has 20 heavy (non-hydrogen) atoms. The minimum atomic E-state index is -0.454. The average molecular weight is 276 g/mol. The lowest BCUT2D eigenvalue weighted by Crippen LogP contribution is -2.35. The molecule has 106 valence electrons. The number of nitrogens with zero attached hydrogens (tertiary/aromatic N) is 2. The Bertz CT molecular complexity index is 579. The fraction of sp³-hybridized carbons (Fsp3) is 0.286. The van der Waals surface area contributed by atoms with E-state index < -0.39 is 6.04 Å². The van der Waals surface area contributed by atoms with E-state index in [4.69, 9.17) is 0 Å². The Kier molecular flexibility index (Phi) is 4.47. The summed E-state index contributed by atoms with van der Waals surface area (Å²) in [5.74, 6) is -0.437. The Balaban J connectivity index is 1.97. The fourth-order valence-corrected chi connectivity index (χ4v) is 1.93. The number of likely N-dealkylation sites (N-methyl/N-ethyl adjacent to an activating group) is 1. The minimum Gasteiger partial charge on any atom is -0.350 e. The van der Waals surface area contributed by atoms with Crippen LogP contribution in [-0.2, 0) is 18.4 Å². The molecule has 2 rings (SSSR count). The van der Waals surface area contributed by atoms with Gasteiger partial charge < -0.3 is 10.6 Å². The first-order valence-electron chi connectivity index (χ1n) is 6.28. The number of aryl methyl sites for hydroxylation is 1. The first-order valence-corrected chi connectivity index (χ1v) is 6.28. The van der Waals surface area contributed by atoms with Crippen LogP contribution in [0, 0.1) is 5.82 Å². The number of halogens is 1. The molecule has 0 aliphatic rings. The van der Waals surface area contributed by atoms with Gasteiger partial charge in [0.1, 0.15) is 11.9 Å². The number of benzene rings is 1. The first kappa shape index (κ1) is 14.2. The zero-order valence-electron chi connectivity index (χ0n) is 11.4. The molecule has 0 aliphatic heterocycles. The third-order valence-corrected chi connectivity index (χ3v) is 2.99. The van der Waals surface area contributed by atoms with E-state index >= 15 is 0 Å². The molecular weight excluding hydrogens is 259 g/mol. The Hall–Kier alpha value is -2.21. The molecule has 0 saturated carbocycles. The van der Waals surface area contributed by atoms with Crippen LogP contribution in [0.15, 0.2) is 36.7 Å². The number of nitrogens with one attached hydrogen (secondary N) is 2. The highest BCUT2D eigenvalue weighted by molar-refractivity contribution is 5.82. The Morgan fingerprint density at radius 1 is 1.40 bits per heavy atom. The number of carbonyl (C=O) groups excluding carboxylic acids is 1. The van der Waals surface area contributed by atoms with Gasteiger partial charge in [0.2, 0.25) is 5.91 Å². The average Bonchev–Trinajstić information content (AvgIpc) is 2.85. The molecule has 1 amide bonds. The number of amides is 1. The van der Waals surface area contributed by atoms with Crippen LogP contribution >= 0.6 is 0 Å². The van der Waals surface area contributed by atoms with Crippen molar-refractivity contribution < 1.29 is 9.18 Å². The molecule has 1 aromatic heterocycles. The van der Waals surface area contributed by atoms with Gasteiger partial charge in [-0.2, -0.15) is 5.10 Å². The number of carbonyl (C=O) groups is 1.